The van der Waals surface area contributed by atoms with Gasteiger partial charge in [0.1, 0.15) is 5.82 Å². The Morgan fingerprint density at radius 2 is 2.12 bits per heavy atom. The maximum absolute atomic E-state index is 4.38. The lowest BCUT2D eigenvalue weighted by Gasteiger charge is -2.08. The summed E-state index contributed by atoms with van der Waals surface area (Å²) in [6.07, 6.45) is 9.89. The standard InChI is InChI=1S/C12H18N4/c1-3-5-12-14-6-7-16(12)9-11-8-13-10-15(11)4-2/h6-8,10H,3-5,9H2,1-2H3. The van der Waals surface area contributed by atoms with Crippen LogP contribution in [0.4, 0.5) is 0 Å². The summed E-state index contributed by atoms with van der Waals surface area (Å²) in [7, 11) is 0. The van der Waals surface area contributed by atoms with Crippen molar-refractivity contribution < 1.29 is 0 Å². The lowest BCUT2D eigenvalue weighted by Crippen LogP contribution is -2.08. The van der Waals surface area contributed by atoms with E-state index in [1.54, 1.807) is 0 Å². The highest BCUT2D eigenvalue weighted by Gasteiger charge is 2.05. The normalized spacial score (nSPS) is 10.9. The maximum atomic E-state index is 4.38. The Morgan fingerprint density at radius 1 is 1.25 bits per heavy atom. The van der Waals surface area contributed by atoms with Crippen molar-refractivity contribution in [3.8, 4) is 0 Å². The molecule has 2 aromatic rings. The van der Waals surface area contributed by atoms with Crippen molar-refractivity contribution in [3.63, 3.8) is 0 Å². The molecule has 16 heavy (non-hydrogen) atoms. The molecule has 86 valence electrons. The van der Waals surface area contributed by atoms with Gasteiger partial charge in [0.15, 0.2) is 0 Å². The van der Waals surface area contributed by atoms with Crippen LogP contribution in [0.3, 0.4) is 0 Å². The van der Waals surface area contributed by atoms with Crippen LogP contribution in [-0.2, 0) is 19.5 Å². The first kappa shape index (κ1) is 10.9. The van der Waals surface area contributed by atoms with E-state index in [0.29, 0.717) is 0 Å². The van der Waals surface area contributed by atoms with Gasteiger partial charge >= 0.3 is 0 Å². The molecule has 4 heteroatoms. The first-order valence-corrected chi connectivity index (χ1v) is 5.84. The minimum atomic E-state index is 0.864. The van der Waals surface area contributed by atoms with Gasteiger partial charge in [-0.25, -0.2) is 9.97 Å². The van der Waals surface area contributed by atoms with E-state index in [0.717, 1.165) is 31.8 Å². The number of rotatable bonds is 5. The molecule has 0 saturated heterocycles. The van der Waals surface area contributed by atoms with Gasteiger partial charge in [-0.05, 0) is 13.3 Å². The van der Waals surface area contributed by atoms with Crippen LogP contribution >= 0.6 is 0 Å². The van der Waals surface area contributed by atoms with Crippen LogP contribution in [0.5, 0.6) is 0 Å². The SMILES string of the molecule is CCCc1nccn1Cc1cncn1CC. The van der Waals surface area contributed by atoms with E-state index >= 15 is 0 Å². The molecular weight excluding hydrogens is 200 g/mol. The van der Waals surface area contributed by atoms with Gasteiger partial charge in [0.05, 0.1) is 18.6 Å². The largest absolute Gasteiger partial charge is 0.333 e. The van der Waals surface area contributed by atoms with Gasteiger partial charge in [0.2, 0.25) is 0 Å². The Balaban J connectivity index is 2.17. The predicted molar refractivity (Wildman–Crippen MR) is 63.2 cm³/mol. The molecule has 2 aromatic heterocycles. The number of hydrogen-bond donors (Lipinski definition) is 0. The molecule has 0 aliphatic rings. The number of aromatic nitrogens is 4. The van der Waals surface area contributed by atoms with Crippen LogP contribution in [0.25, 0.3) is 0 Å². The van der Waals surface area contributed by atoms with Crippen molar-refractivity contribution >= 4 is 0 Å². The van der Waals surface area contributed by atoms with E-state index in [1.165, 1.54) is 5.69 Å². The van der Waals surface area contributed by atoms with Crippen LogP contribution in [0, 0.1) is 0 Å². The van der Waals surface area contributed by atoms with Gasteiger partial charge < -0.3 is 9.13 Å². The molecule has 2 rings (SSSR count). The van der Waals surface area contributed by atoms with Crippen LogP contribution < -0.4 is 0 Å². The first-order valence-electron chi connectivity index (χ1n) is 5.84. The van der Waals surface area contributed by atoms with Crippen molar-refractivity contribution in [2.24, 2.45) is 0 Å². The van der Waals surface area contributed by atoms with Crippen LogP contribution in [-0.4, -0.2) is 19.1 Å². The fourth-order valence-electron chi connectivity index (χ4n) is 1.87. The molecule has 0 bridgehead atoms. The second-order valence-corrected chi connectivity index (χ2v) is 3.89. The van der Waals surface area contributed by atoms with Crippen molar-refractivity contribution in [1.29, 1.82) is 0 Å². The molecule has 0 aliphatic carbocycles. The molecule has 0 radical (unpaired) electrons. The van der Waals surface area contributed by atoms with E-state index < -0.39 is 0 Å². The molecule has 0 spiro atoms. The predicted octanol–water partition coefficient (Wildman–Crippen LogP) is 2.10. The molecule has 0 fully saturated rings. The van der Waals surface area contributed by atoms with Gasteiger partial charge in [-0.3, -0.25) is 0 Å². The molecule has 0 aliphatic heterocycles. The van der Waals surface area contributed by atoms with E-state index in [-0.39, 0.29) is 0 Å². The molecule has 2 heterocycles. The number of nitrogens with zero attached hydrogens (tertiary/aromatic N) is 4. The zero-order chi connectivity index (χ0) is 11.4. The minimum absolute atomic E-state index is 0.864. The maximum Gasteiger partial charge on any atom is 0.108 e. The van der Waals surface area contributed by atoms with Crippen molar-refractivity contribution in [1.82, 2.24) is 19.1 Å². The molecule has 0 saturated carbocycles. The summed E-state index contributed by atoms with van der Waals surface area (Å²) in [5, 5.41) is 0. The number of aryl methyl sites for hydroxylation is 2. The summed E-state index contributed by atoms with van der Waals surface area (Å²) in [6.45, 7) is 6.14. The Bertz CT molecular complexity index is 441. The zero-order valence-electron chi connectivity index (χ0n) is 9.93. The van der Waals surface area contributed by atoms with E-state index in [1.807, 2.05) is 24.9 Å². The van der Waals surface area contributed by atoms with Crippen molar-refractivity contribution in [2.45, 2.75) is 39.8 Å². The Kier molecular flexibility index (Phi) is 3.39. The van der Waals surface area contributed by atoms with Crippen molar-refractivity contribution in [3.05, 3.63) is 36.4 Å². The second kappa shape index (κ2) is 4.96. The number of hydrogen-bond acceptors (Lipinski definition) is 2. The van der Waals surface area contributed by atoms with Gasteiger partial charge in [-0.15, -0.1) is 0 Å². The summed E-state index contributed by atoms with van der Waals surface area (Å²) in [6, 6.07) is 0. The lowest BCUT2D eigenvalue weighted by molar-refractivity contribution is 0.641. The van der Waals surface area contributed by atoms with E-state index in [2.05, 4.69) is 32.9 Å². The van der Waals surface area contributed by atoms with Gasteiger partial charge in [0.25, 0.3) is 0 Å². The molecule has 0 aromatic carbocycles. The smallest absolute Gasteiger partial charge is 0.108 e. The highest BCUT2D eigenvalue weighted by Crippen LogP contribution is 2.07. The number of imidazole rings is 2. The molecule has 0 unspecified atom stereocenters. The zero-order valence-corrected chi connectivity index (χ0v) is 9.93. The lowest BCUT2D eigenvalue weighted by atomic mass is 10.3. The van der Waals surface area contributed by atoms with Crippen LogP contribution in [0.2, 0.25) is 0 Å². The molecular formula is C12H18N4. The molecule has 0 N–H and O–H groups in total. The average Bonchev–Trinajstić information content (AvgIpc) is 2.89. The topological polar surface area (TPSA) is 35.6 Å². The van der Waals surface area contributed by atoms with Crippen LogP contribution in [0.15, 0.2) is 24.9 Å². The average molecular weight is 218 g/mol. The fourth-order valence-corrected chi connectivity index (χ4v) is 1.87. The summed E-state index contributed by atoms with van der Waals surface area (Å²) in [5.41, 5.74) is 1.23. The van der Waals surface area contributed by atoms with Crippen molar-refractivity contribution in [2.75, 3.05) is 0 Å². The summed E-state index contributed by atoms with van der Waals surface area (Å²) < 4.78 is 4.36. The molecule has 4 nitrogen and oxygen atoms in total. The Hall–Kier alpha value is -1.58. The molecule has 0 atom stereocenters. The quantitative estimate of drug-likeness (QED) is 0.770. The fraction of sp³-hybridized carbons (Fsp3) is 0.500. The third-order valence-corrected chi connectivity index (χ3v) is 2.75. The minimum Gasteiger partial charge on any atom is -0.333 e. The van der Waals surface area contributed by atoms with Gasteiger partial charge in [0, 0.05) is 31.6 Å². The highest BCUT2D eigenvalue weighted by molar-refractivity contribution is 5.03. The Morgan fingerprint density at radius 3 is 2.88 bits per heavy atom. The van der Waals surface area contributed by atoms with Gasteiger partial charge in [-0.1, -0.05) is 6.92 Å². The monoisotopic (exact) mass is 218 g/mol. The second-order valence-electron chi connectivity index (χ2n) is 3.89. The summed E-state index contributed by atoms with van der Waals surface area (Å²) >= 11 is 0. The van der Waals surface area contributed by atoms with Gasteiger partial charge in [-0.2, -0.15) is 0 Å². The summed E-state index contributed by atoms with van der Waals surface area (Å²) in [5.74, 6) is 1.16. The third kappa shape index (κ3) is 2.15. The molecule has 0 amide bonds. The van der Waals surface area contributed by atoms with E-state index in [4.69, 9.17) is 0 Å². The first-order chi connectivity index (χ1) is 7.85. The van der Waals surface area contributed by atoms with E-state index in [9.17, 15) is 0 Å². The third-order valence-electron chi connectivity index (χ3n) is 2.75. The summed E-state index contributed by atoms with van der Waals surface area (Å²) in [4.78, 5) is 8.55. The Labute approximate surface area is 96.0 Å². The highest BCUT2D eigenvalue weighted by atomic mass is 15.1. The van der Waals surface area contributed by atoms with Crippen LogP contribution in [0.1, 0.15) is 31.8 Å².